The van der Waals surface area contributed by atoms with E-state index in [1.165, 1.54) is 11.1 Å². The number of hydrogen-bond acceptors (Lipinski definition) is 2. The monoisotopic (exact) mass is 422 g/mol. The molecule has 0 spiro atoms. The van der Waals surface area contributed by atoms with Crippen LogP contribution in [0.5, 0.6) is 5.75 Å². The molecular weight excluding hydrogens is 403 g/mol. The molecule has 0 radical (unpaired) electrons. The molecule has 29 heavy (non-hydrogen) atoms. The molecule has 0 aliphatic rings. The number of imidazole rings is 1. The van der Waals surface area contributed by atoms with Crippen LogP contribution in [0, 0.1) is 6.92 Å². The van der Waals surface area contributed by atoms with E-state index in [2.05, 4.69) is 52.9 Å². The van der Waals surface area contributed by atoms with Gasteiger partial charge in [-0.15, -0.1) is 0 Å². The molecule has 1 heterocycles. The van der Waals surface area contributed by atoms with Gasteiger partial charge in [-0.05, 0) is 42.3 Å². The first-order chi connectivity index (χ1) is 14.1. The zero-order valence-corrected chi connectivity index (χ0v) is 17.4. The average Bonchev–Trinajstić information content (AvgIpc) is 3.24. The van der Waals surface area contributed by atoms with E-state index in [9.17, 15) is 0 Å². The van der Waals surface area contributed by atoms with Crippen molar-refractivity contribution in [1.29, 1.82) is 0 Å². The lowest BCUT2D eigenvalue weighted by atomic mass is 9.97. The van der Waals surface area contributed by atoms with E-state index in [-0.39, 0.29) is 6.04 Å². The molecule has 1 aromatic heterocycles. The predicted octanol–water partition coefficient (Wildman–Crippen LogP) is 6.72. The molecule has 0 aliphatic carbocycles. The summed E-state index contributed by atoms with van der Waals surface area (Å²) in [6.45, 7) is 2.48. The molecule has 4 rings (SSSR count). The van der Waals surface area contributed by atoms with Gasteiger partial charge in [-0.25, -0.2) is 4.98 Å². The number of ether oxygens (including phenoxy) is 1. The van der Waals surface area contributed by atoms with Crippen molar-refractivity contribution in [3.05, 3.63) is 118 Å². The van der Waals surface area contributed by atoms with Gasteiger partial charge in [0.15, 0.2) is 0 Å². The maximum atomic E-state index is 6.23. The molecule has 0 bridgehead atoms. The van der Waals surface area contributed by atoms with Gasteiger partial charge in [0.1, 0.15) is 12.4 Å². The molecule has 5 heteroatoms. The second-order valence-electron chi connectivity index (χ2n) is 6.92. The molecule has 4 aromatic rings. The van der Waals surface area contributed by atoms with Crippen molar-refractivity contribution in [2.75, 3.05) is 0 Å². The van der Waals surface area contributed by atoms with E-state index in [0.29, 0.717) is 16.7 Å². The Bertz CT molecular complexity index is 1080. The highest BCUT2D eigenvalue weighted by Crippen LogP contribution is 2.29. The largest absolute Gasteiger partial charge is 0.489 e. The van der Waals surface area contributed by atoms with E-state index in [1.807, 2.05) is 36.8 Å². The van der Waals surface area contributed by atoms with Crippen molar-refractivity contribution in [1.82, 2.24) is 9.55 Å². The van der Waals surface area contributed by atoms with E-state index in [1.54, 1.807) is 12.3 Å². The first-order valence-corrected chi connectivity index (χ1v) is 10.1. The Balaban J connectivity index is 1.55. The Morgan fingerprint density at radius 1 is 0.931 bits per heavy atom. The lowest BCUT2D eigenvalue weighted by molar-refractivity contribution is 0.306. The highest BCUT2D eigenvalue weighted by atomic mass is 35.5. The summed E-state index contributed by atoms with van der Waals surface area (Å²) in [5.74, 6) is 0.785. The number of hydrogen-bond donors (Lipinski definition) is 0. The number of nitrogens with zero attached hydrogens (tertiary/aromatic N) is 2. The van der Waals surface area contributed by atoms with Crippen LogP contribution in [0.3, 0.4) is 0 Å². The first kappa shape index (κ1) is 19.6. The third-order valence-corrected chi connectivity index (χ3v) is 5.41. The molecule has 0 N–H and O–H groups in total. The summed E-state index contributed by atoms with van der Waals surface area (Å²) in [6, 6.07) is 22.2. The maximum Gasteiger partial charge on any atom is 0.119 e. The number of rotatable bonds is 6. The first-order valence-electron chi connectivity index (χ1n) is 9.31. The fraction of sp³-hybridized carbons (Fsp3) is 0.125. The fourth-order valence-corrected chi connectivity index (χ4v) is 3.72. The van der Waals surface area contributed by atoms with Gasteiger partial charge in [0, 0.05) is 28.0 Å². The van der Waals surface area contributed by atoms with Gasteiger partial charge >= 0.3 is 0 Å². The van der Waals surface area contributed by atoms with E-state index in [4.69, 9.17) is 27.9 Å². The SMILES string of the molecule is Cc1ccc(C(c2ccc(OCc3ccc(Cl)cc3Cl)cc2)n2ccnc2)cc1. The lowest BCUT2D eigenvalue weighted by Crippen LogP contribution is -2.10. The second kappa shape index (κ2) is 8.73. The van der Waals surface area contributed by atoms with Crippen molar-refractivity contribution in [2.45, 2.75) is 19.6 Å². The van der Waals surface area contributed by atoms with E-state index in [0.717, 1.165) is 16.9 Å². The molecule has 0 saturated carbocycles. The van der Waals surface area contributed by atoms with Crippen LogP contribution in [0.1, 0.15) is 28.3 Å². The van der Waals surface area contributed by atoms with Crippen LogP contribution >= 0.6 is 23.2 Å². The van der Waals surface area contributed by atoms with Gasteiger partial charge in [0.2, 0.25) is 0 Å². The number of aryl methyl sites for hydroxylation is 1. The molecule has 3 nitrogen and oxygen atoms in total. The minimum absolute atomic E-state index is 0.0536. The number of halogens is 2. The lowest BCUT2D eigenvalue weighted by Gasteiger charge is -2.20. The average molecular weight is 423 g/mol. The van der Waals surface area contributed by atoms with Crippen LogP contribution in [0.15, 0.2) is 85.5 Å². The number of aromatic nitrogens is 2. The Morgan fingerprint density at radius 3 is 2.24 bits per heavy atom. The van der Waals surface area contributed by atoms with Gasteiger partial charge in [-0.2, -0.15) is 0 Å². The van der Waals surface area contributed by atoms with Crippen LogP contribution in [0.2, 0.25) is 10.0 Å². The summed E-state index contributed by atoms with van der Waals surface area (Å²) in [6.07, 6.45) is 5.63. The Hall–Kier alpha value is -2.75. The molecular formula is C24H20Cl2N2O. The van der Waals surface area contributed by atoms with Crippen LogP contribution in [0.25, 0.3) is 0 Å². The maximum absolute atomic E-state index is 6.23. The molecule has 1 unspecified atom stereocenters. The Morgan fingerprint density at radius 2 is 1.62 bits per heavy atom. The van der Waals surface area contributed by atoms with Gasteiger partial charge in [-0.3, -0.25) is 0 Å². The van der Waals surface area contributed by atoms with Crippen molar-refractivity contribution < 1.29 is 4.74 Å². The molecule has 0 aliphatic heterocycles. The summed E-state index contributed by atoms with van der Waals surface area (Å²) in [5.41, 5.74) is 4.50. The minimum atomic E-state index is 0.0536. The van der Waals surface area contributed by atoms with Gasteiger partial charge in [0.05, 0.1) is 12.4 Å². The normalized spacial score (nSPS) is 12.0. The van der Waals surface area contributed by atoms with Crippen LogP contribution in [0.4, 0.5) is 0 Å². The quantitative estimate of drug-likeness (QED) is 0.344. The highest BCUT2D eigenvalue weighted by molar-refractivity contribution is 6.35. The zero-order valence-electron chi connectivity index (χ0n) is 15.9. The van der Waals surface area contributed by atoms with Crippen molar-refractivity contribution in [3.8, 4) is 5.75 Å². The summed E-state index contributed by atoms with van der Waals surface area (Å²) in [5, 5.41) is 1.22. The van der Waals surface area contributed by atoms with Gasteiger partial charge in [0.25, 0.3) is 0 Å². The Labute approximate surface area is 180 Å². The third-order valence-electron chi connectivity index (χ3n) is 4.82. The van der Waals surface area contributed by atoms with E-state index < -0.39 is 0 Å². The third kappa shape index (κ3) is 4.64. The van der Waals surface area contributed by atoms with Crippen molar-refractivity contribution >= 4 is 23.2 Å². The fourth-order valence-electron chi connectivity index (χ4n) is 3.25. The van der Waals surface area contributed by atoms with Gasteiger partial charge in [-0.1, -0.05) is 71.2 Å². The molecule has 0 saturated heterocycles. The summed E-state index contributed by atoms with van der Waals surface area (Å²) in [4.78, 5) is 4.22. The van der Waals surface area contributed by atoms with Crippen molar-refractivity contribution in [3.63, 3.8) is 0 Å². The minimum Gasteiger partial charge on any atom is -0.489 e. The molecule has 1 atom stereocenters. The summed E-state index contributed by atoms with van der Waals surface area (Å²) in [7, 11) is 0. The van der Waals surface area contributed by atoms with Crippen LogP contribution in [-0.2, 0) is 6.61 Å². The number of benzene rings is 3. The molecule has 3 aromatic carbocycles. The zero-order chi connectivity index (χ0) is 20.2. The van der Waals surface area contributed by atoms with Gasteiger partial charge < -0.3 is 9.30 Å². The van der Waals surface area contributed by atoms with Crippen LogP contribution in [-0.4, -0.2) is 9.55 Å². The highest BCUT2D eigenvalue weighted by Gasteiger charge is 2.16. The van der Waals surface area contributed by atoms with Crippen molar-refractivity contribution in [2.24, 2.45) is 0 Å². The molecule has 146 valence electrons. The van der Waals surface area contributed by atoms with E-state index >= 15 is 0 Å². The topological polar surface area (TPSA) is 27.1 Å². The smallest absolute Gasteiger partial charge is 0.119 e. The summed E-state index contributed by atoms with van der Waals surface area (Å²) < 4.78 is 8.02. The standard InChI is InChI=1S/C24H20Cl2N2O/c1-17-2-4-18(5-3-17)24(28-13-12-27-16-28)19-7-10-22(11-8-19)29-15-20-6-9-21(25)14-23(20)26/h2-14,16,24H,15H2,1H3. The Kier molecular flexibility index (Phi) is 5.89. The second-order valence-corrected chi connectivity index (χ2v) is 7.76. The molecule has 0 fully saturated rings. The molecule has 0 amide bonds. The summed E-state index contributed by atoms with van der Waals surface area (Å²) >= 11 is 12.2. The van der Waals surface area contributed by atoms with Crippen LogP contribution < -0.4 is 4.74 Å². The predicted molar refractivity (Wildman–Crippen MR) is 118 cm³/mol.